The predicted molar refractivity (Wildman–Crippen MR) is 89.9 cm³/mol. The first-order valence-electron chi connectivity index (χ1n) is 7.31. The van der Waals surface area contributed by atoms with Crippen LogP contribution in [0.2, 0.25) is 0 Å². The maximum Gasteiger partial charge on any atom is 0.210 e. The number of hydrogen-bond donors (Lipinski definition) is 0. The molecule has 4 aromatic rings. The van der Waals surface area contributed by atoms with Crippen molar-refractivity contribution in [3.63, 3.8) is 0 Å². The Labute approximate surface area is 141 Å². The topological polar surface area (TPSA) is 56.5 Å². The van der Waals surface area contributed by atoms with Crippen molar-refractivity contribution >= 4 is 11.3 Å². The van der Waals surface area contributed by atoms with Gasteiger partial charge < -0.3 is 0 Å². The maximum absolute atomic E-state index is 14.0. The van der Waals surface area contributed by atoms with Gasteiger partial charge >= 0.3 is 0 Å². The first-order valence-corrected chi connectivity index (χ1v) is 8.19. The fourth-order valence-corrected chi connectivity index (χ4v) is 2.91. The van der Waals surface area contributed by atoms with Crippen LogP contribution in [0.5, 0.6) is 0 Å². The molecule has 24 heavy (non-hydrogen) atoms. The quantitative estimate of drug-likeness (QED) is 0.570. The van der Waals surface area contributed by atoms with Crippen LogP contribution in [0.15, 0.2) is 60.2 Å². The van der Waals surface area contributed by atoms with Gasteiger partial charge in [0.1, 0.15) is 11.5 Å². The van der Waals surface area contributed by atoms with Crippen molar-refractivity contribution in [3.8, 4) is 22.4 Å². The Morgan fingerprint density at radius 3 is 2.62 bits per heavy atom. The Bertz CT molecular complexity index is 950. The van der Waals surface area contributed by atoms with Crippen LogP contribution in [0.4, 0.5) is 4.39 Å². The van der Waals surface area contributed by atoms with Crippen LogP contribution in [0.25, 0.3) is 22.4 Å². The Balaban J connectivity index is 1.81. The molecule has 5 nitrogen and oxygen atoms in total. The highest BCUT2D eigenvalue weighted by Gasteiger charge is 2.17. The van der Waals surface area contributed by atoms with Gasteiger partial charge in [0.05, 0.1) is 6.54 Å². The molecule has 0 atom stereocenters. The van der Waals surface area contributed by atoms with Crippen molar-refractivity contribution < 1.29 is 4.39 Å². The molecule has 0 aliphatic heterocycles. The standard InChI is InChI=1S/C17H12FN5S/c18-13-6-2-1-5-12(13)11-23-16(14-7-3-4-8-19-14)21-15(22-23)17-20-9-10-24-17/h1-10H,11H2. The van der Waals surface area contributed by atoms with E-state index in [0.29, 0.717) is 22.9 Å². The minimum Gasteiger partial charge on any atom is -0.253 e. The molecular weight excluding hydrogens is 325 g/mol. The monoisotopic (exact) mass is 337 g/mol. The number of pyridine rings is 1. The van der Waals surface area contributed by atoms with Crippen LogP contribution in [0.3, 0.4) is 0 Å². The summed E-state index contributed by atoms with van der Waals surface area (Å²) in [5.74, 6) is 0.835. The van der Waals surface area contributed by atoms with E-state index in [4.69, 9.17) is 0 Å². The molecule has 0 saturated heterocycles. The van der Waals surface area contributed by atoms with Gasteiger partial charge in [0.15, 0.2) is 10.8 Å². The second-order valence-corrected chi connectivity index (χ2v) is 5.95. The van der Waals surface area contributed by atoms with Crippen LogP contribution in [-0.2, 0) is 6.54 Å². The summed E-state index contributed by atoms with van der Waals surface area (Å²) in [5.41, 5.74) is 1.23. The first-order chi connectivity index (χ1) is 11.8. The summed E-state index contributed by atoms with van der Waals surface area (Å²) in [5, 5.41) is 7.10. The summed E-state index contributed by atoms with van der Waals surface area (Å²) >= 11 is 1.46. The fourth-order valence-electron chi connectivity index (χ4n) is 2.35. The molecule has 0 aliphatic carbocycles. The molecule has 0 amide bonds. The predicted octanol–water partition coefficient (Wildman–Crippen LogP) is 3.65. The summed E-state index contributed by atoms with van der Waals surface area (Å²) in [6, 6.07) is 12.2. The number of aromatic nitrogens is 5. The van der Waals surface area contributed by atoms with E-state index in [-0.39, 0.29) is 12.4 Å². The lowest BCUT2D eigenvalue weighted by molar-refractivity contribution is 0.587. The highest BCUT2D eigenvalue weighted by atomic mass is 32.1. The average molecular weight is 337 g/mol. The van der Waals surface area contributed by atoms with Crippen LogP contribution in [0, 0.1) is 5.82 Å². The summed E-state index contributed by atoms with van der Waals surface area (Å²) < 4.78 is 15.7. The Hall–Kier alpha value is -2.93. The van der Waals surface area contributed by atoms with Crippen molar-refractivity contribution in [2.24, 2.45) is 0 Å². The molecule has 1 aromatic carbocycles. The van der Waals surface area contributed by atoms with Crippen LogP contribution in [0.1, 0.15) is 5.56 Å². The summed E-state index contributed by atoms with van der Waals surface area (Å²) in [7, 11) is 0. The van der Waals surface area contributed by atoms with E-state index in [1.807, 2.05) is 23.6 Å². The minimum atomic E-state index is -0.268. The van der Waals surface area contributed by atoms with Crippen LogP contribution < -0.4 is 0 Å². The molecule has 0 saturated carbocycles. The summed E-state index contributed by atoms with van der Waals surface area (Å²) in [6.45, 7) is 0.275. The van der Waals surface area contributed by atoms with E-state index < -0.39 is 0 Å². The lowest BCUT2D eigenvalue weighted by Gasteiger charge is -2.06. The molecular formula is C17H12FN5S. The van der Waals surface area contributed by atoms with E-state index in [1.165, 1.54) is 17.4 Å². The minimum absolute atomic E-state index is 0.268. The molecule has 7 heteroatoms. The van der Waals surface area contributed by atoms with E-state index in [0.717, 1.165) is 5.01 Å². The van der Waals surface area contributed by atoms with Crippen molar-refractivity contribution in [3.05, 3.63) is 71.6 Å². The molecule has 0 radical (unpaired) electrons. The molecule has 0 N–H and O–H groups in total. The molecule has 4 rings (SSSR count). The highest BCUT2D eigenvalue weighted by molar-refractivity contribution is 7.13. The van der Waals surface area contributed by atoms with Gasteiger partial charge in [-0.2, -0.15) is 0 Å². The second kappa shape index (κ2) is 6.29. The Morgan fingerprint density at radius 2 is 1.88 bits per heavy atom. The fraction of sp³-hybridized carbons (Fsp3) is 0.0588. The van der Waals surface area contributed by atoms with E-state index in [1.54, 1.807) is 35.3 Å². The molecule has 0 aliphatic rings. The van der Waals surface area contributed by atoms with Gasteiger partial charge in [-0.1, -0.05) is 24.3 Å². The first kappa shape index (κ1) is 14.6. The van der Waals surface area contributed by atoms with Crippen molar-refractivity contribution in [1.82, 2.24) is 24.7 Å². The number of rotatable bonds is 4. The Kier molecular flexibility index (Phi) is 3.84. The van der Waals surface area contributed by atoms with E-state index >= 15 is 0 Å². The van der Waals surface area contributed by atoms with E-state index in [2.05, 4.69) is 20.1 Å². The number of benzene rings is 1. The third kappa shape index (κ3) is 2.81. The number of halogens is 1. The molecule has 0 spiro atoms. The lowest BCUT2D eigenvalue weighted by Crippen LogP contribution is -2.06. The van der Waals surface area contributed by atoms with Gasteiger partial charge in [-0.25, -0.2) is 19.0 Å². The van der Waals surface area contributed by atoms with Gasteiger partial charge in [0.2, 0.25) is 5.82 Å². The molecule has 0 fully saturated rings. The summed E-state index contributed by atoms with van der Waals surface area (Å²) in [4.78, 5) is 13.1. The van der Waals surface area contributed by atoms with Crippen LogP contribution in [-0.4, -0.2) is 24.7 Å². The normalized spacial score (nSPS) is 10.9. The van der Waals surface area contributed by atoms with Crippen molar-refractivity contribution in [2.45, 2.75) is 6.54 Å². The summed E-state index contributed by atoms with van der Waals surface area (Å²) in [6.07, 6.45) is 3.40. The molecule has 118 valence electrons. The highest BCUT2D eigenvalue weighted by Crippen LogP contribution is 2.23. The molecule has 3 aromatic heterocycles. The van der Waals surface area contributed by atoms with Crippen molar-refractivity contribution in [1.29, 1.82) is 0 Å². The number of thiazole rings is 1. The zero-order valence-corrected chi connectivity index (χ0v) is 13.3. The van der Waals surface area contributed by atoms with E-state index in [9.17, 15) is 4.39 Å². The third-order valence-corrected chi connectivity index (χ3v) is 4.24. The molecule has 0 bridgehead atoms. The lowest BCUT2D eigenvalue weighted by atomic mass is 10.2. The van der Waals surface area contributed by atoms with Gasteiger partial charge in [-0.05, 0) is 18.2 Å². The van der Waals surface area contributed by atoms with Crippen LogP contribution >= 0.6 is 11.3 Å². The number of nitrogens with zero attached hydrogens (tertiary/aromatic N) is 5. The second-order valence-electron chi connectivity index (χ2n) is 5.06. The van der Waals surface area contributed by atoms with Gasteiger partial charge in [0.25, 0.3) is 0 Å². The Morgan fingerprint density at radius 1 is 1.00 bits per heavy atom. The average Bonchev–Trinajstić information content (AvgIpc) is 3.27. The van der Waals surface area contributed by atoms with Gasteiger partial charge in [-0.15, -0.1) is 16.4 Å². The number of hydrogen-bond acceptors (Lipinski definition) is 5. The van der Waals surface area contributed by atoms with Gasteiger partial charge in [-0.3, -0.25) is 4.98 Å². The van der Waals surface area contributed by atoms with Gasteiger partial charge in [0, 0.05) is 23.3 Å². The largest absolute Gasteiger partial charge is 0.253 e. The smallest absolute Gasteiger partial charge is 0.210 e. The molecule has 0 unspecified atom stereocenters. The SMILES string of the molecule is Fc1ccccc1Cn1nc(-c2nccs2)nc1-c1ccccn1. The zero-order valence-electron chi connectivity index (χ0n) is 12.5. The third-order valence-electron chi connectivity index (χ3n) is 3.47. The maximum atomic E-state index is 14.0. The van der Waals surface area contributed by atoms with Crippen molar-refractivity contribution in [2.75, 3.05) is 0 Å². The molecule has 3 heterocycles. The zero-order chi connectivity index (χ0) is 16.4.